The van der Waals surface area contributed by atoms with Crippen molar-refractivity contribution >= 4 is 28.0 Å². The van der Waals surface area contributed by atoms with Crippen molar-refractivity contribution in [2.24, 2.45) is 0 Å². The Kier molecular flexibility index (Phi) is 3.67. The Morgan fingerprint density at radius 1 is 1.33 bits per heavy atom. The zero-order chi connectivity index (χ0) is 13.1. The number of benzene rings is 1. The van der Waals surface area contributed by atoms with Gasteiger partial charge in [0.15, 0.2) is 0 Å². The Labute approximate surface area is 113 Å². The smallest absolute Gasteiger partial charge is 0.328 e. The van der Waals surface area contributed by atoms with E-state index in [1.165, 1.54) is 6.08 Å². The van der Waals surface area contributed by atoms with Crippen LogP contribution in [0.2, 0.25) is 0 Å². The maximum absolute atomic E-state index is 10.4. The quantitative estimate of drug-likeness (QED) is 0.868. The van der Waals surface area contributed by atoms with Crippen molar-refractivity contribution in [1.29, 1.82) is 0 Å². The molecule has 2 aromatic rings. The highest BCUT2D eigenvalue weighted by atomic mass is 79.9. The summed E-state index contributed by atoms with van der Waals surface area (Å²) < 4.78 is 6.51. The largest absolute Gasteiger partial charge is 0.478 e. The van der Waals surface area contributed by atoms with E-state index in [1.54, 1.807) is 6.07 Å². The van der Waals surface area contributed by atoms with Crippen LogP contribution in [0.15, 0.2) is 45.3 Å². The second-order valence-electron chi connectivity index (χ2n) is 3.86. The third-order valence-corrected chi connectivity index (χ3v) is 3.06. The summed E-state index contributed by atoms with van der Waals surface area (Å²) in [5, 5.41) is 8.54. The van der Waals surface area contributed by atoms with Gasteiger partial charge in [0.1, 0.15) is 11.5 Å². The zero-order valence-electron chi connectivity index (χ0n) is 9.68. The molecule has 0 saturated heterocycles. The van der Waals surface area contributed by atoms with Gasteiger partial charge in [-0.05, 0) is 42.8 Å². The van der Waals surface area contributed by atoms with Gasteiger partial charge in [0, 0.05) is 16.1 Å². The molecule has 0 unspecified atom stereocenters. The molecule has 0 aliphatic carbocycles. The molecule has 0 fully saturated rings. The highest BCUT2D eigenvalue weighted by Gasteiger charge is 2.07. The minimum atomic E-state index is -0.996. The van der Waals surface area contributed by atoms with E-state index in [2.05, 4.69) is 15.9 Å². The molecule has 1 aromatic heterocycles. The number of hydrogen-bond acceptors (Lipinski definition) is 2. The lowest BCUT2D eigenvalue weighted by Crippen LogP contribution is -1.84. The maximum Gasteiger partial charge on any atom is 0.328 e. The topological polar surface area (TPSA) is 50.4 Å². The van der Waals surface area contributed by atoms with Gasteiger partial charge in [0.05, 0.1) is 0 Å². The molecule has 0 radical (unpaired) electrons. The lowest BCUT2D eigenvalue weighted by Gasteiger charge is -2.01. The number of aliphatic carboxylic acids is 1. The standard InChI is InChI=1S/C14H11BrO3/c1-9-2-5-11(12(15)8-9)13-6-3-10(18-13)4-7-14(16)17/h2-8H,1H3,(H,16,17)/b7-4+. The summed E-state index contributed by atoms with van der Waals surface area (Å²) in [6, 6.07) is 9.51. The minimum absolute atomic E-state index is 0.514. The lowest BCUT2D eigenvalue weighted by atomic mass is 10.1. The molecular weight excluding hydrogens is 296 g/mol. The summed E-state index contributed by atoms with van der Waals surface area (Å²) >= 11 is 3.48. The van der Waals surface area contributed by atoms with E-state index in [1.807, 2.05) is 31.2 Å². The molecule has 0 saturated carbocycles. The SMILES string of the molecule is Cc1ccc(-c2ccc(/C=C/C(=O)O)o2)c(Br)c1. The Hall–Kier alpha value is -1.81. The third kappa shape index (κ3) is 2.90. The van der Waals surface area contributed by atoms with Gasteiger partial charge in [-0.1, -0.05) is 22.0 Å². The molecule has 0 atom stereocenters. The highest BCUT2D eigenvalue weighted by Crippen LogP contribution is 2.30. The molecule has 0 aliphatic heterocycles. The number of hydrogen-bond donors (Lipinski definition) is 1. The van der Waals surface area contributed by atoms with Crippen molar-refractivity contribution in [3.8, 4) is 11.3 Å². The van der Waals surface area contributed by atoms with Gasteiger partial charge in [0.25, 0.3) is 0 Å². The third-order valence-electron chi connectivity index (χ3n) is 2.41. The first-order valence-corrected chi connectivity index (χ1v) is 6.13. The van der Waals surface area contributed by atoms with Crippen molar-refractivity contribution in [3.63, 3.8) is 0 Å². The van der Waals surface area contributed by atoms with Gasteiger partial charge in [-0.15, -0.1) is 0 Å². The fraction of sp³-hybridized carbons (Fsp3) is 0.0714. The first-order chi connectivity index (χ1) is 8.56. The number of carboxylic acid groups (broad SMARTS) is 1. The predicted octanol–water partition coefficient (Wildman–Crippen LogP) is 4.12. The first kappa shape index (κ1) is 12.6. The van der Waals surface area contributed by atoms with Crippen LogP contribution in [0, 0.1) is 6.92 Å². The monoisotopic (exact) mass is 306 g/mol. The molecule has 1 heterocycles. The normalized spacial score (nSPS) is 11.0. The van der Waals surface area contributed by atoms with Gasteiger partial charge in [-0.3, -0.25) is 0 Å². The molecule has 0 spiro atoms. The van der Waals surface area contributed by atoms with E-state index in [-0.39, 0.29) is 0 Å². The zero-order valence-corrected chi connectivity index (χ0v) is 11.3. The molecule has 4 heteroatoms. The van der Waals surface area contributed by atoms with Crippen LogP contribution >= 0.6 is 15.9 Å². The van der Waals surface area contributed by atoms with Gasteiger partial charge < -0.3 is 9.52 Å². The van der Waals surface area contributed by atoms with Crippen LogP contribution in [0.3, 0.4) is 0 Å². The Morgan fingerprint density at radius 3 is 2.78 bits per heavy atom. The van der Waals surface area contributed by atoms with E-state index in [9.17, 15) is 4.79 Å². The van der Waals surface area contributed by atoms with Crippen molar-refractivity contribution in [1.82, 2.24) is 0 Å². The van der Waals surface area contributed by atoms with Crippen LogP contribution in [0.5, 0.6) is 0 Å². The van der Waals surface area contributed by atoms with Gasteiger partial charge in [0.2, 0.25) is 0 Å². The van der Waals surface area contributed by atoms with Crippen molar-refractivity contribution < 1.29 is 14.3 Å². The highest BCUT2D eigenvalue weighted by molar-refractivity contribution is 9.10. The van der Waals surface area contributed by atoms with E-state index >= 15 is 0 Å². The van der Waals surface area contributed by atoms with Crippen LogP contribution in [0.1, 0.15) is 11.3 Å². The molecule has 3 nitrogen and oxygen atoms in total. The Bertz CT molecular complexity index is 611. The number of carbonyl (C=O) groups is 1. The van der Waals surface area contributed by atoms with Gasteiger partial charge in [-0.25, -0.2) is 4.79 Å². The second kappa shape index (κ2) is 5.23. The van der Waals surface area contributed by atoms with Gasteiger partial charge >= 0.3 is 5.97 Å². The number of carboxylic acids is 1. The summed E-state index contributed by atoms with van der Waals surface area (Å²) in [6.45, 7) is 2.01. The molecule has 18 heavy (non-hydrogen) atoms. The molecule has 0 bridgehead atoms. The van der Waals surface area contributed by atoms with Crippen LogP contribution in [0.25, 0.3) is 17.4 Å². The van der Waals surface area contributed by atoms with Crippen molar-refractivity contribution in [2.75, 3.05) is 0 Å². The fourth-order valence-electron chi connectivity index (χ4n) is 1.56. The van der Waals surface area contributed by atoms with Crippen LogP contribution in [-0.2, 0) is 4.79 Å². The van der Waals surface area contributed by atoms with E-state index in [0.29, 0.717) is 11.5 Å². The fourth-order valence-corrected chi connectivity index (χ4v) is 2.25. The maximum atomic E-state index is 10.4. The summed E-state index contributed by atoms with van der Waals surface area (Å²) in [7, 11) is 0. The summed E-state index contributed by atoms with van der Waals surface area (Å²) in [6.07, 6.45) is 2.47. The molecule has 0 aliphatic rings. The first-order valence-electron chi connectivity index (χ1n) is 5.33. The molecule has 2 rings (SSSR count). The minimum Gasteiger partial charge on any atom is -0.478 e. The second-order valence-corrected chi connectivity index (χ2v) is 4.71. The van der Waals surface area contributed by atoms with Crippen LogP contribution in [-0.4, -0.2) is 11.1 Å². The molecule has 1 N–H and O–H groups in total. The van der Waals surface area contributed by atoms with E-state index in [4.69, 9.17) is 9.52 Å². The summed E-state index contributed by atoms with van der Waals surface area (Å²) in [5.41, 5.74) is 2.10. The van der Waals surface area contributed by atoms with Crippen LogP contribution in [0.4, 0.5) is 0 Å². The van der Waals surface area contributed by atoms with E-state index < -0.39 is 5.97 Å². The van der Waals surface area contributed by atoms with Crippen LogP contribution < -0.4 is 0 Å². The predicted molar refractivity (Wildman–Crippen MR) is 73.3 cm³/mol. The van der Waals surface area contributed by atoms with Gasteiger partial charge in [-0.2, -0.15) is 0 Å². The lowest BCUT2D eigenvalue weighted by molar-refractivity contribution is -0.131. The average Bonchev–Trinajstić information content (AvgIpc) is 2.75. The molecular formula is C14H11BrO3. The Balaban J connectivity index is 2.32. The number of furan rings is 1. The Morgan fingerprint density at radius 2 is 2.11 bits per heavy atom. The summed E-state index contributed by atoms with van der Waals surface area (Å²) in [5.74, 6) is 0.219. The molecule has 0 amide bonds. The molecule has 92 valence electrons. The average molecular weight is 307 g/mol. The summed E-state index contributed by atoms with van der Waals surface area (Å²) in [4.78, 5) is 10.4. The number of rotatable bonds is 3. The van der Waals surface area contributed by atoms with E-state index in [0.717, 1.165) is 21.7 Å². The van der Waals surface area contributed by atoms with Crippen molar-refractivity contribution in [2.45, 2.75) is 6.92 Å². The molecule has 1 aromatic carbocycles. The number of halogens is 1. The van der Waals surface area contributed by atoms with Crippen molar-refractivity contribution in [3.05, 3.63) is 52.2 Å². The number of aryl methyl sites for hydroxylation is 1.